The largest absolute Gasteiger partial charge is 0.453 e. The molecule has 1 amide bonds. The van der Waals surface area contributed by atoms with Gasteiger partial charge in [-0.3, -0.25) is 4.79 Å². The molecule has 2 aromatic heterocycles. The summed E-state index contributed by atoms with van der Waals surface area (Å²) in [5, 5.41) is 10.0. The van der Waals surface area contributed by atoms with Crippen LogP contribution >= 0.6 is 11.3 Å². The van der Waals surface area contributed by atoms with Gasteiger partial charge in [0.05, 0.1) is 30.0 Å². The minimum Gasteiger partial charge on any atom is -0.453 e. The Labute approximate surface area is 171 Å². The van der Waals surface area contributed by atoms with E-state index in [-0.39, 0.29) is 18.9 Å². The first-order valence-corrected chi connectivity index (χ1v) is 9.96. The summed E-state index contributed by atoms with van der Waals surface area (Å²) in [5.41, 5.74) is 1.24. The van der Waals surface area contributed by atoms with Gasteiger partial charge >= 0.3 is 5.97 Å². The third kappa shape index (κ3) is 4.20. The Balaban J connectivity index is 1.47. The van der Waals surface area contributed by atoms with Gasteiger partial charge in [-0.1, -0.05) is 24.3 Å². The number of ether oxygens (including phenoxy) is 2. The summed E-state index contributed by atoms with van der Waals surface area (Å²) >= 11 is 1.50. The van der Waals surface area contributed by atoms with Crippen LogP contribution in [0.5, 0.6) is 0 Å². The van der Waals surface area contributed by atoms with Gasteiger partial charge in [-0.05, 0) is 17.5 Å². The monoisotopic (exact) mass is 413 g/mol. The molecule has 3 heterocycles. The summed E-state index contributed by atoms with van der Waals surface area (Å²) in [6.45, 7) is 0.871. The summed E-state index contributed by atoms with van der Waals surface area (Å²) < 4.78 is 16.2. The number of carbonyl (C=O) groups is 2. The van der Waals surface area contributed by atoms with E-state index in [1.807, 2.05) is 29.6 Å². The van der Waals surface area contributed by atoms with E-state index < -0.39 is 12.1 Å². The fourth-order valence-corrected chi connectivity index (χ4v) is 3.78. The summed E-state index contributed by atoms with van der Waals surface area (Å²) in [5.74, 6) is 0.168. The molecule has 1 aromatic carbocycles. The molecule has 1 aliphatic heterocycles. The van der Waals surface area contributed by atoms with Crippen LogP contribution in [0.3, 0.4) is 0 Å². The smallest absolute Gasteiger partial charge is 0.339 e. The molecular formula is C20H19N3O5S. The second-order valence-electron chi connectivity index (χ2n) is 6.47. The standard InChI is InChI=1S/C20H19N3O5S/c1-26-9-8-23(12-17-21-22-19(28-17)16-7-4-10-29-16)18(24)11-15-13-5-2-3-6-14(13)20(25)27-15/h2-7,10,15H,8-9,11-12H2,1H3/t15-/m0/s1. The van der Waals surface area contributed by atoms with Gasteiger partial charge in [-0.25, -0.2) is 4.79 Å². The maximum Gasteiger partial charge on any atom is 0.339 e. The molecule has 8 nitrogen and oxygen atoms in total. The highest BCUT2D eigenvalue weighted by Crippen LogP contribution is 2.33. The second kappa shape index (κ2) is 8.54. The number of nitrogens with zero attached hydrogens (tertiary/aromatic N) is 3. The number of hydrogen-bond donors (Lipinski definition) is 0. The lowest BCUT2D eigenvalue weighted by Gasteiger charge is -2.22. The Morgan fingerprint density at radius 3 is 2.90 bits per heavy atom. The third-order valence-electron chi connectivity index (χ3n) is 4.58. The van der Waals surface area contributed by atoms with Gasteiger partial charge in [0.2, 0.25) is 11.8 Å². The van der Waals surface area contributed by atoms with E-state index in [4.69, 9.17) is 13.9 Å². The minimum absolute atomic E-state index is 0.0401. The zero-order chi connectivity index (χ0) is 20.2. The average Bonchev–Trinajstić information content (AvgIpc) is 3.46. The van der Waals surface area contributed by atoms with E-state index in [1.54, 1.807) is 24.1 Å². The molecule has 9 heteroatoms. The number of amides is 1. The molecule has 0 fully saturated rings. The molecule has 4 rings (SSSR count). The average molecular weight is 413 g/mol. The van der Waals surface area contributed by atoms with Crippen LogP contribution in [0.4, 0.5) is 0 Å². The molecule has 1 atom stereocenters. The highest BCUT2D eigenvalue weighted by atomic mass is 32.1. The number of hydrogen-bond acceptors (Lipinski definition) is 8. The number of carbonyl (C=O) groups excluding carboxylic acids is 2. The van der Waals surface area contributed by atoms with E-state index >= 15 is 0 Å². The molecule has 150 valence electrons. The van der Waals surface area contributed by atoms with Gasteiger partial charge in [0.15, 0.2) is 0 Å². The molecule has 29 heavy (non-hydrogen) atoms. The van der Waals surface area contributed by atoms with E-state index in [0.29, 0.717) is 30.5 Å². The molecule has 0 unspecified atom stereocenters. The summed E-state index contributed by atoms with van der Waals surface area (Å²) in [4.78, 5) is 27.4. The number of esters is 1. The van der Waals surface area contributed by atoms with Crippen LogP contribution in [-0.4, -0.2) is 47.2 Å². The van der Waals surface area contributed by atoms with Crippen molar-refractivity contribution in [1.29, 1.82) is 0 Å². The van der Waals surface area contributed by atoms with Crippen LogP contribution in [0.15, 0.2) is 46.2 Å². The first-order chi connectivity index (χ1) is 14.2. The number of methoxy groups -OCH3 is 1. The number of cyclic esters (lactones) is 1. The molecule has 1 aliphatic rings. The molecule has 0 spiro atoms. The van der Waals surface area contributed by atoms with Crippen LogP contribution in [0, 0.1) is 0 Å². The van der Waals surface area contributed by atoms with Crippen LogP contribution in [0.1, 0.15) is 34.3 Å². The molecular weight excluding hydrogens is 394 g/mol. The van der Waals surface area contributed by atoms with Crippen LogP contribution in [-0.2, 0) is 20.8 Å². The highest BCUT2D eigenvalue weighted by Gasteiger charge is 2.33. The lowest BCUT2D eigenvalue weighted by atomic mass is 10.0. The highest BCUT2D eigenvalue weighted by molar-refractivity contribution is 7.13. The van der Waals surface area contributed by atoms with E-state index in [1.165, 1.54) is 11.3 Å². The minimum atomic E-state index is -0.597. The van der Waals surface area contributed by atoms with Gasteiger partial charge < -0.3 is 18.8 Å². The Hall–Kier alpha value is -3.04. The van der Waals surface area contributed by atoms with Crippen molar-refractivity contribution in [3.8, 4) is 10.8 Å². The molecule has 0 saturated carbocycles. The zero-order valence-corrected chi connectivity index (χ0v) is 16.6. The predicted molar refractivity (Wildman–Crippen MR) is 104 cm³/mol. The zero-order valence-electron chi connectivity index (χ0n) is 15.7. The maximum absolute atomic E-state index is 13.0. The van der Waals surface area contributed by atoms with Crippen molar-refractivity contribution in [1.82, 2.24) is 15.1 Å². The van der Waals surface area contributed by atoms with Crippen molar-refractivity contribution in [2.45, 2.75) is 19.1 Å². The van der Waals surface area contributed by atoms with Crippen LogP contribution in [0.25, 0.3) is 10.8 Å². The van der Waals surface area contributed by atoms with Crippen molar-refractivity contribution in [2.24, 2.45) is 0 Å². The Bertz CT molecular complexity index is 1000. The van der Waals surface area contributed by atoms with Crippen molar-refractivity contribution in [3.05, 3.63) is 58.8 Å². The predicted octanol–water partition coefficient (Wildman–Crippen LogP) is 3.07. The summed E-state index contributed by atoms with van der Waals surface area (Å²) in [6, 6.07) is 10.9. The van der Waals surface area contributed by atoms with Gasteiger partial charge in [0.1, 0.15) is 6.10 Å². The normalized spacial score (nSPS) is 15.2. The van der Waals surface area contributed by atoms with E-state index in [2.05, 4.69) is 10.2 Å². The molecule has 0 saturated heterocycles. The Kier molecular flexibility index (Phi) is 5.68. The Morgan fingerprint density at radius 1 is 1.24 bits per heavy atom. The van der Waals surface area contributed by atoms with Crippen LogP contribution in [0.2, 0.25) is 0 Å². The lowest BCUT2D eigenvalue weighted by molar-refractivity contribution is -0.134. The molecule has 0 bridgehead atoms. The first-order valence-electron chi connectivity index (χ1n) is 9.08. The summed E-state index contributed by atoms with van der Waals surface area (Å²) in [7, 11) is 1.57. The number of rotatable bonds is 8. The van der Waals surface area contributed by atoms with Crippen molar-refractivity contribution < 1.29 is 23.5 Å². The van der Waals surface area contributed by atoms with Crippen LogP contribution < -0.4 is 0 Å². The summed E-state index contributed by atoms with van der Waals surface area (Å²) in [6.07, 6.45) is -0.557. The topological polar surface area (TPSA) is 94.8 Å². The van der Waals surface area contributed by atoms with E-state index in [0.717, 1.165) is 10.4 Å². The number of benzene rings is 1. The van der Waals surface area contributed by atoms with Gasteiger partial charge in [0.25, 0.3) is 5.89 Å². The quantitative estimate of drug-likeness (QED) is 0.524. The fraction of sp³-hybridized carbons (Fsp3) is 0.300. The Morgan fingerprint density at radius 2 is 2.10 bits per heavy atom. The molecule has 3 aromatic rings. The van der Waals surface area contributed by atoms with Crippen molar-refractivity contribution in [3.63, 3.8) is 0 Å². The third-order valence-corrected chi connectivity index (χ3v) is 5.44. The maximum atomic E-state index is 13.0. The van der Waals surface area contributed by atoms with Gasteiger partial charge in [0, 0.05) is 19.2 Å². The number of thiophene rings is 1. The second-order valence-corrected chi connectivity index (χ2v) is 7.42. The fourth-order valence-electron chi connectivity index (χ4n) is 3.13. The molecule has 0 N–H and O–H groups in total. The number of aromatic nitrogens is 2. The van der Waals surface area contributed by atoms with Gasteiger partial charge in [-0.2, -0.15) is 0 Å². The van der Waals surface area contributed by atoms with Crippen molar-refractivity contribution >= 4 is 23.2 Å². The first kappa shape index (κ1) is 19.3. The SMILES string of the molecule is COCCN(Cc1nnc(-c2cccs2)o1)C(=O)C[C@@H]1OC(=O)c2ccccc21. The van der Waals surface area contributed by atoms with E-state index in [9.17, 15) is 9.59 Å². The van der Waals surface area contributed by atoms with Crippen molar-refractivity contribution in [2.75, 3.05) is 20.3 Å². The molecule has 0 aliphatic carbocycles. The van der Waals surface area contributed by atoms with Gasteiger partial charge in [-0.15, -0.1) is 21.5 Å². The molecule has 0 radical (unpaired) electrons. The number of fused-ring (bicyclic) bond motifs is 1. The lowest BCUT2D eigenvalue weighted by Crippen LogP contribution is -2.34.